The standard InChI is InChI=1S/C40H40N2O7S/c1-27-24-42(39(44)41-38(27)43)35-33-23-32(37(35)49-50(2,45)46)34(36(33)47-25-28-15-7-3-8-16-28)26-48-40(29-17-9-4-10-18-29,30-19-11-5-12-20-30)31-21-13-6-14-22-31/h3-22,24,32-37H,23,25-26H2,1-2H3,(H,41,43,44)/t32-,33-,34-,35-,36-,37-/m1/s1. The molecule has 2 aliphatic carbocycles. The molecule has 2 saturated carbocycles. The predicted molar refractivity (Wildman–Crippen MR) is 190 cm³/mol. The molecule has 2 bridgehead atoms. The van der Waals surface area contributed by atoms with Gasteiger partial charge in [0, 0.05) is 23.6 Å². The van der Waals surface area contributed by atoms with Crippen molar-refractivity contribution in [2.45, 2.75) is 43.8 Å². The molecule has 0 radical (unpaired) electrons. The Labute approximate surface area is 291 Å². The first-order valence-corrected chi connectivity index (χ1v) is 18.6. The topological polar surface area (TPSA) is 117 Å². The molecule has 1 heterocycles. The molecule has 9 nitrogen and oxygen atoms in total. The van der Waals surface area contributed by atoms with Gasteiger partial charge in [-0.1, -0.05) is 121 Å². The van der Waals surface area contributed by atoms with Crippen molar-refractivity contribution in [1.29, 1.82) is 0 Å². The van der Waals surface area contributed by atoms with Gasteiger partial charge in [-0.3, -0.25) is 18.5 Å². The summed E-state index contributed by atoms with van der Waals surface area (Å²) in [5, 5.41) is 0. The number of H-pyrrole nitrogens is 1. The Bertz CT molecular complexity index is 2040. The normalized spacial score (nSPS) is 23.2. The lowest BCUT2D eigenvalue weighted by Crippen LogP contribution is -2.50. The zero-order valence-electron chi connectivity index (χ0n) is 27.9. The summed E-state index contributed by atoms with van der Waals surface area (Å²) in [5.41, 5.74) is 2.04. The van der Waals surface area contributed by atoms with Crippen LogP contribution in [0.5, 0.6) is 0 Å². The number of aryl methyl sites for hydroxylation is 1. The zero-order valence-corrected chi connectivity index (χ0v) is 28.7. The molecular formula is C40H40N2O7S. The molecule has 0 spiro atoms. The van der Waals surface area contributed by atoms with Crippen LogP contribution in [-0.4, -0.2) is 43.0 Å². The lowest BCUT2D eigenvalue weighted by Gasteiger charge is -2.43. The molecule has 1 aromatic heterocycles. The van der Waals surface area contributed by atoms with E-state index in [1.807, 2.05) is 84.9 Å². The van der Waals surface area contributed by atoms with Crippen LogP contribution in [0.4, 0.5) is 0 Å². The number of hydrogen-bond donors (Lipinski definition) is 1. The van der Waals surface area contributed by atoms with E-state index in [4.69, 9.17) is 13.7 Å². The Hall–Kier alpha value is -4.61. The third-order valence-corrected chi connectivity index (χ3v) is 10.8. The van der Waals surface area contributed by atoms with Crippen molar-refractivity contribution in [2.24, 2.45) is 17.8 Å². The van der Waals surface area contributed by atoms with Gasteiger partial charge in [0.15, 0.2) is 0 Å². The molecule has 1 N–H and O–H groups in total. The fourth-order valence-electron chi connectivity index (χ4n) is 8.12. The van der Waals surface area contributed by atoms with Gasteiger partial charge in [0.1, 0.15) is 11.7 Å². The van der Waals surface area contributed by atoms with Gasteiger partial charge in [0.05, 0.1) is 31.6 Å². The molecule has 50 heavy (non-hydrogen) atoms. The molecule has 0 amide bonds. The summed E-state index contributed by atoms with van der Waals surface area (Å²) in [6.45, 7) is 2.14. The maximum absolute atomic E-state index is 13.3. The lowest BCUT2D eigenvalue weighted by molar-refractivity contribution is -0.112. The predicted octanol–water partition coefficient (Wildman–Crippen LogP) is 5.59. The highest BCUT2D eigenvalue weighted by Gasteiger charge is 2.61. The van der Waals surface area contributed by atoms with Crippen molar-refractivity contribution in [3.63, 3.8) is 0 Å². The van der Waals surface area contributed by atoms with Crippen molar-refractivity contribution in [3.05, 3.63) is 176 Å². The van der Waals surface area contributed by atoms with Crippen molar-refractivity contribution in [3.8, 4) is 0 Å². The minimum Gasteiger partial charge on any atom is -0.373 e. The summed E-state index contributed by atoms with van der Waals surface area (Å²) in [6, 6.07) is 39.4. The van der Waals surface area contributed by atoms with Crippen LogP contribution in [0.25, 0.3) is 0 Å². The van der Waals surface area contributed by atoms with Crippen LogP contribution in [0.1, 0.15) is 40.3 Å². The van der Waals surface area contributed by atoms with E-state index in [1.165, 1.54) is 10.8 Å². The summed E-state index contributed by atoms with van der Waals surface area (Å²) in [6.07, 6.45) is 1.75. The maximum atomic E-state index is 13.3. The summed E-state index contributed by atoms with van der Waals surface area (Å²) in [7, 11) is -3.94. The number of aromatic amines is 1. The average Bonchev–Trinajstić information content (AvgIpc) is 3.66. The summed E-state index contributed by atoms with van der Waals surface area (Å²) >= 11 is 0. The molecule has 0 aliphatic heterocycles. The molecule has 2 aliphatic rings. The fourth-order valence-corrected chi connectivity index (χ4v) is 8.78. The van der Waals surface area contributed by atoms with Crippen LogP contribution in [0.3, 0.4) is 0 Å². The smallest absolute Gasteiger partial charge is 0.328 e. The van der Waals surface area contributed by atoms with Gasteiger partial charge in [-0.2, -0.15) is 8.42 Å². The van der Waals surface area contributed by atoms with E-state index in [-0.39, 0.29) is 24.4 Å². The van der Waals surface area contributed by atoms with E-state index < -0.39 is 45.2 Å². The summed E-state index contributed by atoms with van der Waals surface area (Å²) in [5.74, 6) is -0.965. The van der Waals surface area contributed by atoms with Gasteiger partial charge in [0.25, 0.3) is 15.7 Å². The molecule has 10 heteroatoms. The Balaban J connectivity index is 1.33. The molecule has 0 saturated heterocycles. The van der Waals surface area contributed by atoms with Crippen molar-refractivity contribution in [2.75, 3.05) is 12.9 Å². The second-order valence-corrected chi connectivity index (χ2v) is 14.9. The molecule has 7 rings (SSSR count). The third-order valence-electron chi connectivity index (χ3n) is 10.2. The van der Waals surface area contributed by atoms with E-state index in [2.05, 4.69) is 41.4 Å². The number of rotatable bonds is 12. The van der Waals surface area contributed by atoms with Crippen molar-refractivity contribution < 1.29 is 22.1 Å². The Kier molecular flexibility index (Phi) is 9.45. The fraction of sp³-hybridized carbons (Fsp3) is 0.300. The molecule has 2 fully saturated rings. The Morgan fingerprint density at radius 1 is 0.760 bits per heavy atom. The van der Waals surface area contributed by atoms with Crippen LogP contribution in [0, 0.1) is 24.7 Å². The van der Waals surface area contributed by atoms with Gasteiger partial charge in [-0.15, -0.1) is 0 Å². The number of fused-ring (bicyclic) bond motifs is 2. The Morgan fingerprint density at radius 2 is 1.28 bits per heavy atom. The van der Waals surface area contributed by atoms with Crippen LogP contribution in [-0.2, 0) is 36.0 Å². The molecule has 4 aromatic carbocycles. The van der Waals surface area contributed by atoms with E-state index >= 15 is 0 Å². The monoisotopic (exact) mass is 692 g/mol. The first-order chi connectivity index (χ1) is 24.2. The minimum atomic E-state index is -3.94. The van der Waals surface area contributed by atoms with Crippen LogP contribution >= 0.6 is 0 Å². The Morgan fingerprint density at radius 3 is 1.80 bits per heavy atom. The zero-order chi connectivity index (χ0) is 34.9. The van der Waals surface area contributed by atoms with Crippen LogP contribution < -0.4 is 11.2 Å². The molecule has 258 valence electrons. The number of benzene rings is 4. The summed E-state index contributed by atoms with van der Waals surface area (Å²) < 4.78 is 46.9. The second kappa shape index (κ2) is 14.0. The number of aromatic nitrogens is 2. The first kappa shape index (κ1) is 33.9. The molecular weight excluding hydrogens is 653 g/mol. The van der Waals surface area contributed by atoms with E-state index in [9.17, 15) is 18.0 Å². The largest absolute Gasteiger partial charge is 0.373 e. The third kappa shape index (κ3) is 6.52. The number of nitrogens with zero attached hydrogens (tertiary/aromatic N) is 1. The summed E-state index contributed by atoms with van der Waals surface area (Å²) in [4.78, 5) is 28.0. The van der Waals surface area contributed by atoms with E-state index in [0.717, 1.165) is 28.5 Å². The molecule has 0 unspecified atom stereocenters. The second-order valence-electron chi connectivity index (χ2n) is 13.3. The number of nitrogens with one attached hydrogen (secondary N) is 1. The van der Waals surface area contributed by atoms with Gasteiger partial charge in [0.2, 0.25) is 0 Å². The highest BCUT2D eigenvalue weighted by Crippen LogP contribution is 2.57. The number of ether oxygens (including phenoxy) is 2. The van der Waals surface area contributed by atoms with Gasteiger partial charge >= 0.3 is 5.69 Å². The quantitative estimate of drug-likeness (QED) is 0.134. The van der Waals surface area contributed by atoms with Gasteiger partial charge < -0.3 is 9.47 Å². The number of hydrogen-bond acceptors (Lipinski definition) is 7. The minimum absolute atomic E-state index is 0.204. The highest BCUT2D eigenvalue weighted by atomic mass is 32.2. The molecule has 6 atom stereocenters. The van der Waals surface area contributed by atoms with Gasteiger partial charge in [-0.25, -0.2) is 4.79 Å². The van der Waals surface area contributed by atoms with Crippen molar-refractivity contribution >= 4 is 10.1 Å². The maximum Gasteiger partial charge on any atom is 0.328 e. The van der Waals surface area contributed by atoms with Crippen LogP contribution in [0.2, 0.25) is 0 Å². The average molecular weight is 693 g/mol. The lowest BCUT2D eigenvalue weighted by atomic mass is 9.78. The molecule has 5 aromatic rings. The first-order valence-electron chi connectivity index (χ1n) is 16.8. The van der Waals surface area contributed by atoms with E-state index in [0.29, 0.717) is 18.6 Å². The highest BCUT2D eigenvalue weighted by molar-refractivity contribution is 7.86. The van der Waals surface area contributed by atoms with Gasteiger partial charge in [-0.05, 0) is 41.5 Å². The van der Waals surface area contributed by atoms with E-state index in [1.54, 1.807) is 6.92 Å². The van der Waals surface area contributed by atoms with Crippen molar-refractivity contribution in [1.82, 2.24) is 9.55 Å². The SMILES string of the molecule is Cc1cn([C@@H]2[C@H]3C[C@H]([C@@H](COC(c4ccccc4)(c4ccccc4)c4ccccc4)[C@@H]3OCc3ccccc3)[C@H]2OS(C)(=O)=O)c(=O)[nH]c1=O. The van der Waals surface area contributed by atoms with Crippen LogP contribution in [0.15, 0.2) is 137 Å².